The summed E-state index contributed by atoms with van der Waals surface area (Å²) in [6, 6.07) is 0. The Hall–Kier alpha value is -0.370. The molecular formula is C11H20O2. The molecule has 0 aromatic heterocycles. The van der Waals surface area contributed by atoms with E-state index in [1.807, 2.05) is 0 Å². The van der Waals surface area contributed by atoms with Gasteiger partial charge in [-0.05, 0) is 31.6 Å². The van der Waals surface area contributed by atoms with Crippen molar-refractivity contribution in [3.05, 3.63) is 0 Å². The van der Waals surface area contributed by atoms with Crippen LogP contribution in [0.2, 0.25) is 0 Å². The van der Waals surface area contributed by atoms with Crippen molar-refractivity contribution in [1.82, 2.24) is 0 Å². The Balaban J connectivity index is 2.28. The standard InChI is InChI=1S/C11H20O2/c12-9-10-5-1-3-7-11(13)8-4-2-6-10/h10,12H,1-9H2. The summed E-state index contributed by atoms with van der Waals surface area (Å²) in [7, 11) is 0. The van der Waals surface area contributed by atoms with Gasteiger partial charge in [-0.3, -0.25) is 4.79 Å². The van der Waals surface area contributed by atoms with E-state index in [1.54, 1.807) is 0 Å². The van der Waals surface area contributed by atoms with E-state index in [1.165, 1.54) is 0 Å². The minimum Gasteiger partial charge on any atom is -0.396 e. The first-order chi connectivity index (χ1) is 6.33. The van der Waals surface area contributed by atoms with Gasteiger partial charge in [-0.15, -0.1) is 0 Å². The van der Waals surface area contributed by atoms with Crippen LogP contribution in [-0.2, 0) is 4.79 Å². The predicted molar refractivity (Wildman–Crippen MR) is 52.5 cm³/mol. The summed E-state index contributed by atoms with van der Waals surface area (Å²) < 4.78 is 0. The number of hydrogen-bond donors (Lipinski definition) is 1. The van der Waals surface area contributed by atoms with Gasteiger partial charge in [0.05, 0.1) is 0 Å². The second-order valence-electron chi connectivity index (χ2n) is 4.08. The van der Waals surface area contributed by atoms with Gasteiger partial charge >= 0.3 is 0 Å². The van der Waals surface area contributed by atoms with E-state index < -0.39 is 0 Å². The lowest BCUT2D eigenvalue weighted by Gasteiger charge is -2.15. The number of aliphatic hydroxyl groups is 1. The summed E-state index contributed by atoms with van der Waals surface area (Å²) in [5, 5.41) is 9.06. The zero-order valence-electron chi connectivity index (χ0n) is 8.30. The van der Waals surface area contributed by atoms with Crippen LogP contribution in [0.1, 0.15) is 51.4 Å². The second-order valence-corrected chi connectivity index (χ2v) is 4.08. The van der Waals surface area contributed by atoms with Crippen LogP contribution < -0.4 is 0 Å². The largest absolute Gasteiger partial charge is 0.396 e. The first-order valence-electron chi connectivity index (χ1n) is 5.45. The van der Waals surface area contributed by atoms with Gasteiger partial charge in [0, 0.05) is 19.4 Å². The Bertz CT molecular complexity index is 140. The molecule has 2 heteroatoms. The number of hydrogen-bond acceptors (Lipinski definition) is 2. The molecule has 0 unspecified atom stereocenters. The van der Waals surface area contributed by atoms with Crippen molar-refractivity contribution in [3.63, 3.8) is 0 Å². The van der Waals surface area contributed by atoms with Gasteiger partial charge in [-0.2, -0.15) is 0 Å². The SMILES string of the molecule is O=C1CCCCC(CO)CCCC1. The van der Waals surface area contributed by atoms with Crippen molar-refractivity contribution in [2.75, 3.05) is 6.61 Å². The number of ketones is 1. The quantitative estimate of drug-likeness (QED) is 0.679. The Kier molecular flexibility index (Phi) is 5.06. The molecule has 0 aliphatic heterocycles. The maximum Gasteiger partial charge on any atom is 0.132 e. The average Bonchev–Trinajstić information content (AvgIpc) is 2.16. The summed E-state index contributed by atoms with van der Waals surface area (Å²) in [6.07, 6.45) is 7.99. The van der Waals surface area contributed by atoms with Gasteiger partial charge in [0.1, 0.15) is 5.78 Å². The van der Waals surface area contributed by atoms with Gasteiger partial charge < -0.3 is 5.11 Å². The summed E-state index contributed by atoms with van der Waals surface area (Å²) in [5.41, 5.74) is 0. The molecule has 0 aromatic carbocycles. The topological polar surface area (TPSA) is 37.3 Å². The number of Topliss-reactive ketones (excluding diaryl/α,β-unsaturated/α-hetero) is 1. The van der Waals surface area contributed by atoms with Crippen LogP contribution in [0.4, 0.5) is 0 Å². The molecule has 76 valence electrons. The molecular weight excluding hydrogens is 164 g/mol. The number of rotatable bonds is 1. The average molecular weight is 184 g/mol. The van der Waals surface area contributed by atoms with Gasteiger partial charge in [-0.25, -0.2) is 0 Å². The fourth-order valence-corrected chi connectivity index (χ4v) is 1.96. The van der Waals surface area contributed by atoms with Crippen LogP contribution in [0.25, 0.3) is 0 Å². The van der Waals surface area contributed by atoms with Crippen molar-refractivity contribution in [3.8, 4) is 0 Å². The highest BCUT2D eigenvalue weighted by molar-refractivity contribution is 5.78. The summed E-state index contributed by atoms with van der Waals surface area (Å²) >= 11 is 0. The first-order valence-corrected chi connectivity index (χ1v) is 5.45. The Labute approximate surface area is 80.3 Å². The van der Waals surface area contributed by atoms with E-state index in [9.17, 15) is 4.79 Å². The third-order valence-corrected chi connectivity index (χ3v) is 2.89. The second kappa shape index (κ2) is 6.14. The molecule has 0 saturated heterocycles. The number of carbonyl (C=O) groups is 1. The fraction of sp³-hybridized carbons (Fsp3) is 0.909. The lowest BCUT2D eigenvalue weighted by Crippen LogP contribution is -2.09. The predicted octanol–water partition coefficient (Wildman–Crippen LogP) is 2.30. The Morgan fingerprint density at radius 1 is 1.08 bits per heavy atom. The summed E-state index contributed by atoms with van der Waals surface area (Å²) in [6.45, 7) is 0.327. The van der Waals surface area contributed by atoms with E-state index >= 15 is 0 Å². The Morgan fingerprint density at radius 3 is 2.08 bits per heavy atom. The lowest BCUT2D eigenvalue weighted by atomic mass is 9.92. The highest BCUT2D eigenvalue weighted by atomic mass is 16.3. The third-order valence-electron chi connectivity index (χ3n) is 2.89. The minimum absolute atomic E-state index is 0.327. The summed E-state index contributed by atoms with van der Waals surface area (Å²) in [5.74, 6) is 0.927. The molecule has 1 saturated carbocycles. The van der Waals surface area contributed by atoms with E-state index in [4.69, 9.17) is 5.11 Å². The molecule has 1 aliphatic carbocycles. The Morgan fingerprint density at radius 2 is 1.62 bits per heavy atom. The molecule has 2 nitrogen and oxygen atoms in total. The van der Waals surface area contributed by atoms with E-state index in [0.29, 0.717) is 18.3 Å². The lowest BCUT2D eigenvalue weighted by molar-refractivity contribution is -0.119. The fourth-order valence-electron chi connectivity index (χ4n) is 1.96. The molecule has 0 amide bonds. The van der Waals surface area contributed by atoms with Crippen LogP contribution in [0.5, 0.6) is 0 Å². The smallest absolute Gasteiger partial charge is 0.132 e. The van der Waals surface area contributed by atoms with Crippen LogP contribution in [0.15, 0.2) is 0 Å². The number of aliphatic hydroxyl groups excluding tert-OH is 1. The summed E-state index contributed by atoms with van der Waals surface area (Å²) in [4.78, 5) is 11.2. The molecule has 0 spiro atoms. The van der Waals surface area contributed by atoms with E-state index in [0.717, 1.165) is 51.4 Å². The van der Waals surface area contributed by atoms with Crippen LogP contribution in [0.3, 0.4) is 0 Å². The molecule has 1 fully saturated rings. The van der Waals surface area contributed by atoms with Crippen LogP contribution >= 0.6 is 0 Å². The molecule has 1 aliphatic rings. The molecule has 0 atom stereocenters. The molecule has 0 bridgehead atoms. The normalized spacial score (nSPS) is 23.0. The highest BCUT2D eigenvalue weighted by Gasteiger charge is 2.10. The molecule has 0 heterocycles. The molecule has 13 heavy (non-hydrogen) atoms. The molecule has 1 N–H and O–H groups in total. The first kappa shape index (κ1) is 10.7. The van der Waals surface area contributed by atoms with Crippen molar-refractivity contribution in [2.45, 2.75) is 51.4 Å². The van der Waals surface area contributed by atoms with Crippen molar-refractivity contribution in [2.24, 2.45) is 5.92 Å². The van der Waals surface area contributed by atoms with Gasteiger partial charge in [0.15, 0.2) is 0 Å². The van der Waals surface area contributed by atoms with Crippen molar-refractivity contribution in [1.29, 1.82) is 0 Å². The van der Waals surface area contributed by atoms with Gasteiger partial charge in [0.2, 0.25) is 0 Å². The minimum atomic E-state index is 0.327. The zero-order valence-corrected chi connectivity index (χ0v) is 8.30. The monoisotopic (exact) mass is 184 g/mol. The molecule has 0 aromatic rings. The van der Waals surface area contributed by atoms with Crippen molar-refractivity contribution < 1.29 is 9.90 Å². The van der Waals surface area contributed by atoms with Gasteiger partial charge in [0.25, 0.3) is 0 Å². The van der Waals surface area contributed by atoms with Crippen LogP contribution in [0, 0.1) is 5.92 Å². The van der Waals surface area contributed by atoms with E-state index in [2.05, 4.69) is 0 Å². The molecule has 1 rings (SSSR count). The maximum atomic E-state index is 11.2. The third kappa shape index (κ3) is 4.41. The number of carbonyl (C=O) groups excluding carboxylic acids is 1. The van der Waals surface area contributed by atoms with Crippen molar-refractivity contribution >= 4 is 5.78 Å². The zero-order chi connectivity index (χ0) is 9.52. The van der Waals surface area contributed by atoms with E-state index in [-0.39, 0.29) is 0 Å². The van der Waals surface area contributed by atoms with Crippen LogP contribution in [-0.4, -0.2) is 17.5 Å². The molecule has 0 radical (unpaired) electrons. The maximum absolute atomic E-state index is 11.2. The highest BCUT2D eigenvalue weighted by Crippen LogP contribution is 2.19. The van der Waals surface area contributed by atoms with Gasteiger partial charge in [-0.1, -0.05) is 12.8 Å².